The van der Waals surface area contributed by atoms with Gasteiger partial charge in [-0.2, -0.15) is 12.7 Å². The second-order valence-corrected chi connectivity index (χ2v) is 7.05. The third kappa shape index (κ3) is 3.91. The maximum absolute atomic E-state index is 12.2. The molecule has 2 N–H and O–H groups in total. The van der Waals surface area contributed by atoms with Gasteiger partial charge in [0.1, 0.15) is 0 Å². The molecule has 1 aliphatic heterocycles. The monoisotopic (exact) mass is 275 g/mol. The number of hydrogen-bond donors (Lipinski definition) is 2. The van der Waals surface area contributed by atoms with Crippen molar-refractivity contribution in [2.75, 3.05) is 19.6 Å². The van der Waals surface area contributed by atoms with Crippen LogP contribution in [0.2, 0.25) is 0 Å². The third-order valence-corrected chi connectivity index (χ3v) is 5.30. The van der Waals surface area contributed by atoms with Crippen LogP contribution in [-0.4, -0.2) is 44.4 Å². The van der Waals surface area contributed by atoms with E-state index in [0.717, 1.165) is 32.2 Å². The van der Waals surface area contributed by atoms with Crippen molar-refractivity contribution in [2.45, 2.75) is 57.5 Å². The van der Waals surface area contributed by atoms with E-state index in [-0.39, 0.29) is 6.04 Å². The Balaban J connectivity index is 1.92. The van der Waals surface area contributed by atoms with Crippen LogP contribution in [0.25, 0.3) is 0 Å². The number of hydrogen-bond acceptors (Lipinski definition) is 3. The van der Waals surface area contributed by atoms with Gasteiger partial charge in [-0.3, -0.25) is 0 Å². The van der Waals surface area contributed by atoms with Crippen LogP contribution in [0, 0.1) is 0 Å². The molecule has 0 spiro atoms. The van der Waals surface area contributed by atoms with Crippen molar-refractivity contribution in [1.29, 1.82) is 0 Å². The first-order valence-electron chi connectivity index (χ1n) is 7.13. The summed E-state index contributed by atoms with van der Waals surface area (Å²) in [5, 5.41) is 3.45. The van der Waals surface area contributed by atoms with Crippen LogP contribution in [0.1, 0.15) is 45.4 Å². The summed E-state index contributed by atoms with van der Waals surface area (Å²) < 4.78 is 28.8. The predicted octanol–water partition coefficient (Wildman–Crippen LogP) is 0.837. The molecule has 5 nitrogen and oxygen atoms in total. The fraction of sp³-hybridized carbons (Fsp3) is 1.00. The maximum atomic E-state index is 12.2. The average Bonchev–Trinajstić information content (AvgIpc) is 3.18. The van der Waals surface area contributed by atoms with Gasteiger partial charge in [-0.15, -0.1) is 0 Å². The highest BCUT2D eigenvalue weighted by Crippen LogP contribution is 2.22. The zero-order chi connectivity index (χ0) is 13.0. The molecular formula is C12H25N3O2S. The molecule has 0 aromatic carbocycles. The topological polar surface area (TPSA) is 61.4 Å². The van der Waals surface area contributed by atoms with E-state index in [1.807, 2.05) is 6.92 Å². The molecule has 1 atom stereocenters. The highest BCUT2D eigenvalue weighted by Gasteiger charge is 2.33. The fourth-order valence-electron chi connectivity index (χ4n) is 2.40. The largest absolute Gasteiger partial charge is 0.312 e. The van der Waals surface area contributed by atoms with Crippen molar-refractivity contribution in [1.82, 2.24) is 14.3 Å². The Bertz CT molecular complexity index is 354. The van der Waals surface area contributed by atoms with Gasteiger partial charge < -0.3 is 5.32 Å². The molecule has 2 fully saturated rings. The van der Waals surface area contributed by atoms with E-state index < -0.39 is 10.2 Å². The average molecular weight is 275 g/mol. The van der Waals surface area contributed by atoms with Crippen LogP contribution in [-0.2, 0) is 10.2 Å². The molecule has 1 saturated carbocycles. The zero-order valence-corrected chi connectivity index (χ0v) is 12.0. The molecule has 0 bridgehead atoms. The van der Waals surface area contributed by atoms with Crippen molar-refractivity contribution < 1.29 is 8.42 Å². The number of piperidine rings is 1. The lowest BCUT2D eigenvalue weighted by molar-refractivity contribution is 0.242. The van der Waals surface area contributed by atoms with Crippen LogP contribution in [0.15, 0.2) is 0 Å². The lowest BCUT2D eigenvalue weighted by atomic mass is 10.1. The molecular weight excluding hydrogens is 250 g/mol. The normalized spacial score (nSPS) is 26.4. The quantitative estimate of drug-likeness (QED) is 0.724. The standard InChI is InChI=1S/C12H25N3O2S/c1-2-8-14-18(16,17)15-9-4-3-5-12(15)10-13-11-6-7-11/h11-14H,2-10H2,1H3. The predicted molar refractivity (Wildman–Crippen MR) is 72.6 cm³/mol. The van der Waals surface area contributed by atoms with Gasteiger partial charge in [-0.05, 0) is 32.1 Å². The molecule has 0 amide bonds. The van der Waals surface area contributed by atoms with Gasteiger partial charge in [0.2, 0.25) is 0 Å². The summed E-state index contributed by atoms with van der Waals surface area (Å²) in [5.74, 6) is 0. The molecule has 1 heterocycles. The van der Waals surface area contributed by atoms with E-state index in [1.54, 1.807) is 4.31 Å². The Morgan fingerprint density at radius 3 is 2.67 bits per heavy atom. The van der Waals surface area contributed by atoms with E-state index in [2.05, 4.69) is 10.0 Å². The maximum Gasteiger partial charge on any atom is 0.279 e. The van der Waals surface area contributed by atoms with Gasteiger partial charge in [0.05, 0.1) is 0 Å². The van der Waals surface area contributed by atoms with Crippen molar-refractivity contribution in [3.63, 3.8) is 0 Å². The van der Waals surface area contributed by atoms with Gasteiger partial charge in [0.15, 0.2) is 0 Å². The summed E-state index contributed by atoms with van der Waals surface area (Å²) in [4.78, 5) is 0. The van der Waals surface area contributed by atoms with E-state index in [0.29, 0.717) is 19.1 Å². The molecule has 106 valence electrons. The number of nitrogens with one attached hydrogen (secondary N) is 2. The summed E-state index contributed by atoms with van der Waals surface area (Å²) in [7, 11) is -3.28. The van der Waals surface area contributed by atoms with Crippen molar-refractivity contribution in [3.8, 4) is 0 Å². The van der Waals surface area contributed by atoms with Crippen LogP contribution < -0.4 is 10.0 Å². The zero-order valence-electron chi connectivity index (χ0n) is 11.2. The van der Waals surface area contributed by atoms with E-state index >= 15 is 0 Å². The first kappa shape index (κ1) is 14.2. The summed E-state index contributed by atoms with van der Waals surface area (Å²) in [5.41, 5.74) is 0. The third-order valence-electron chi connectivity index (χ3n) is 3.64. The second kappa shape index (κ2) is 6.32. The van der Waals surface area contributed by atoms with E-state index in [1.165, 1.54) is 12.8 Å². The molecule has 0 aromatic rings. The van der Waals surface area contributed by atoms with E-state index in [9.17, 15) is 8.42 Å². The van der Waals surface area contributed by atoms with Crippen molar-refractivity contribution >= 4 is 10.2 Å². The summed E-state index contributed by atoms with van der Waals surface area (Å²) in [6.45, 7) is 3.97. The molecule has 0 radical (unpaired) electrons. The minimum absolute atomic E-state index is 0.133. The summed E-state index contributed by atoms with van der Waals surface area (Å²) in [6.07, 6.45) is 6.41. The SMILES string of the molecule is CCCNS(=O)(=O)N1CCCCC1CNC1CC1. The second-order valence-electron chi connectivity index (χ2n) is 5.34. The van der Waals surface area contributed by atoms with Gasteiger partial charge >= 0.3 is 0 Å². The van der Waals surface area contributed by atoms with Crippen LogP contribution in [0.3, 0.4) is 0 Å². The molecule has 1 saturated heterocycles. The molecule has 0 aromatic heterocycles. The van der Waals surface area contributed by atoms with Crippen LogP contribution in [0.4, 0.5) is 0 Å². The summed E-state index contributed by atoms with van der Waals surface area (Å²) in [6, 6.07) is 0.772. The van der Waals surface area contributed by atoms with E-state index in [4.69, 9.17) is 0 Å². The first-order chi connectivity index (χ1) is 8.63. The number of rotatable bonds is 7. The Kier molecular flexibility index (Phi) is 5.00. The van der Waals surface area contributed by atoms with Gasteiger partial charge in [-0.25, -0.2) is 4.72 Å². The Morgan fingerprint density at radius 1 is 1.22 bits per heavy atom. The molecule has 2 rings (SSSR count). The van der Waals surface area contributed by atoms with Crippen molar-refractivity contribution in [3.05, 3.63) is 0 Å². The molecule has 1 aliphatic carbocycles. The molecule has 18 heavy (non-hydrogen) atoms. The molecule has 6 heteroatoms. The van der Waals surface area contributed by atoms with Gasteiger partial charge in [0.25, 0.3) is 10.2 Å². The molecule has 1 unspecified atom stereocenters. The minimum atomic E-state index is -3.28. The van der Waals surface area contributed by atoms with Crippen LogP contribution >= 0.6 is 0 Å². The van der Waals surface area contributed by atoms with Gasteiger partial charge in [0, 0.05) is 31.7 Å². The Labute approximate surface area is 110 Å². The summed E-state index contributed by atoms with van der Waals surface area (Å²) >= 11 is 0. The van der Waals surface area contributed by atoms with Gasteiger partial charge in [-0.1, -0.05) is 13.3 Å². The highest BCUT2D eigenvalue weighted by atomic mass is 32.2. The smallest absolute Gasteiger partial charge is 0.279 e. The number of nitrogens with zero attached hydrogens (tertiary/aromatic N) is 1. The lowest BCUT2D eigenvalue weighted by Crippen LogP contribution is -2.52. The van der Waals surface area contributed by atoms with Crippen molar-refractivity contribution in [2.24, 2.45) is 0 Å². The Morgan fingerprint density at radius 2 is 2.00 bits per heavy atom. The first-order valence-corrected chi connectivity index (χ1v) is 8.57. The highest BCUT2D eigenvalue weighted by molar-refractivity contribution is 7.87. The Hall–Kier alpha value is -0.170. The minimum Gasteiger partial charge on any atom is -0.312 e. The van der Waals surface area contributed by atoms with Crippen LogP contribution in [0.5, 0.6) is 0 Å². The lowest BCUT2D eigenvalue weighted by Gasteiger charge is -2.34. The fourth-order valence-corrected chi connectivity index (χ4v) is 3.97. The molecule has 2 aliphatic rings.